The molecule has 1 radical (unpaired) electrons. The number of hydrogen-bond donors (Lipinski definition) is 0. The van der Waals surface area contributed by atoms with Crippen molar-refractivity contribution in [3.63, 3.8) is 0 Å². The minimum absolute atomic E-state index is 0. The molecule has 1 heterocycles. The van der Waals surface area contributed by atoms with E-state index >= 15 is 0 Å². The summed E-state index contributed by atoms with van der Waals surface area (Å²) in [7, 11) is 0. The molecule has 1 nitrogen and oxygen atoms in total. The summed E-state index contributed by atoms with van der Waals surface area (Å²) in [5, 5.41) is 4.43. The van der Waals surface area contributed by atoms with Crippen LogP contribution < -0.4 is 0 Å². The monoisotopic (exact) mass is 382 g/mol. The number of piperidine rings is 1. The molecular weight excluding hydrogens is 355 g/mol. The van der Waals surface area contributed by atoms with Crippen LogP contribution in [0.3, 0.4) is 0 Å². The van der Waals surface area contributed by atoms with Crippen LogP contribution in [-0.4, -0.2) is 13.1 Å². The van der Waals surface area contributed by atoms with Gasteiger partial charge in [-0.05, 0) is 23.8 Å². The quantitative estimate of drug-likeness (QED) is 0.609. The van der Waals surface area contributed by atoms with Crippen molar-refractivity contribution >= 4 is 0 Å². The fourth-order valence-corrected chi connectivity index (χ4v) is 2.75. The van der Waals surface area contributed by atoms with Crippen LogP contribution in [0.15, 0.2) is 60.7 Å². The van der Waals surface area contributed by atoms with Crippen LogP contribution in [0, 0.1) is 12.3 Å². The van der Waals surface area contributed by atoms with E-state index in [0.717, 1.165) is 18.7 Å². The summed E-state index contributed by atoms with van der Waals surface area (Å²) in [6.45, 7) is 8.29. The first-order valence-corrected chi connectivity index (χ1v) is 8.22. The van der Waals surface area contributed by atoms with Gasteiger partial charge in [0.2, 0.25) is 0 Å². The second kappa shape index (κ2) is 11.0. The summed E-state index contributed by atoms with van der Waals surface area (Å²) >= 11 is 0. The summed E-state index contributed by atoms with van der Waals surface area (Å²) in [6, 6.07) is 20.7. The Morgan fingerprint density at radius 2 is 1.43 bits per heavy atom. The first kappa shape index (κ1) is 20.4. The Bertz CT molecular complexity index is 518. The topological polar surface area (TPSA) is 14.1 Å². The maximum absolute atomic E-state index is 4.43. The Morgan fingerprint density at radius 1 is 0.913 bits per heavy atom. The van der Waals surface area contributed by atoms with Crippen molar-refractivity contribution in [2.24, 2.45) is 5.41 Å². The Kier molecular flexibility index (Phi) is 9.78. The summed E-state index contributed by atoms with van der Waals surface area (Å²) < 4.78 is 0. The second-order valence-corrected chi connectivity index (χ2v) is 6.45. The molecule has 23 heavy (non-hydrogen) atoms. The van der Waals surface area contributed by atoms with Crippen molar-refractivity contribution in [3.05, 3.63) is 84.0 Å². The molecule has 2 heteroatoms. The second-order valence-electron chi connectivity index (χ2n) is 6.45. The summed E-state index contributed by atoms with van der Waals surface area (Å²) in [5.41, 5.74) is 3.08. The van der Waals surface area contributed by atoms with E-state index in [-0.39, 0.29) is 32.7 Å². The van der Waals surface area contributed by atoms with E-state index < -0.39 is 0 Å². The zero-order chi connectivity index (χ0) is 15.7. The van der Waals surface area contributed by atoms with Crippen LogP contribution in [0.5, 0.6) is 0 Å². The van der Waals surface area contributed by atoms with Crippen LogP contribution in [0.4, 0.5) is 0 Å². The molecule has 0 aromatic heterocycles. The van der Waals surface area contributed by atoms with Crippen LogP contribution in [0.1, 0.15) is 37.3 Å². The molecule has 0 bridgehead atoms. The molecule has 0 amide bonds. The van der Waals surface area contributed by atoms with Crippen molar-refractivity contribution in [3.8, 4) is 0 Å². The predicted molar refractivity (Wildman–Crippen MR) is 96.1 cm³/mol. The number of aryl methyl sites for hydroxylation is 1. The van der Waals surface area contributed by atoms with Gasteiger partial charge in [-0.25, -0.2) is 0 Å². The van der Waals surface area contributed by atoms with Crippen molar-refractivity contribution in [1.29, 1.82) is 0 Å². The van der Waals surface area contributed by atoms with Crippen molar-refractivity contribution in [2.45, 2.75) is 32.6 Å². The molecule has 0 unspecified atom stereocenters. The van der Waals surface area contributed by atoms with Crippen molar-refractivity contribution in [1.82, 2.24) is 0 Å². The molecule has 0 aliphatic carbocycles. The minimum atomic E-state index is 0. The van der Waals surface area contributed by atoms with E-state index in [9.17, 15) is 0 Å². The third-order valence-corrected chi connectivity index (χ3v) is 4.45. The summed E-state index contributed by atoms with van der Waals surface area (Å²) in [6.07, 6.45) is 5.09. The number of rotatable bonds is 3. The number of hydrogen-bond acceptors (Lipinski definition) is 0. The fraction of sp³-hybridized carbons (Fsp3) is 0.381. The first-order chi connectivity index (χ1) is 10.7. The van der Waals surface area contributed by atoms with Gasteiger partial charge in [-0.15, -0.1) is 25.2 Å². The van der Waals surface area contributed by atoms with E-state index in [1.54, 1.807) is 0 Å². The molecule has 0 N–H and O–H groups in total. The Hall–Kier alpha value is -0.626. The van der Waals surface area contributed by atoms with E-state index in [2.05, 4.69) is 49.5 Å². The maximum Gasteiger partial charge on any atom is 0 e. The van der Waals surface area contributed by atoms with Gasteiger partial charge in [0.25, 0.3) is 0 Å². The SMILES string of the molecule is CC1(CCc2ccccc2)CC[N-]CC1.[CH2-]c1ccccc1.[Y]. The Balaban J connectivity index is 0.000000280. The van der Waals surface area contributed by atoms with Crippen LogP contribution in [0.2, 0.25) is 0 Å². The maximum atomic E-state index is 4.43. The van der Waals surface area contributed by atoms with E-state index in [1.807, 2.05) is 30.3 Å². The smallest absolute Gasteiger partial charge is 0 e. The Labute approximate surface area is 167 Å². The minimum Gasteiger partial charge on any atom is -0.662 e. The van der Waals surface area contributed by atoms with Gasteiger partial charge in [-0.1, -0.05) is 56.2 Å². The molecular formula is C21H27NY-2. The van der Waals surface area contributed by atoms with E-state index in [0.29, 0.717) is 5.41 Å². The predicted octanol–water partition coefficient (Wildman–Crippen LogP) is 5.66. The molecule has 0 spiro atoms. The van der Waals surface area contributed by atoms with Gasteiger partial charge in [-0.3, -0.25) is 0 Å². The number of benzene rings is 2. The average molecular weight is 382 g/mol. The Morgan fingerprint density at radius 3 is 1.91 bits per heavy atom. The number of nitrogens with zero attached hydrogens (tertiary/aromatic N) is 1. The van der Waals surface area contributed by atoms with E-state index in [4.69, 9.17) is 0 Å². The standard InChI is InChI=1S/C14H20N.C7H7.Y/c1-14(9-11-15-12-10-14)8-7-13-5-3-2-4-6-13;1-7-5-3-2-4-6-7;/h2-6H,7-12H2,1H3;2-6H,1H2;/q2*-1;. The van der Waals surface area contributed by atoms with Crippen LogP contribution >= 0.6 is 0 Å². The van der Waals surface area contributed by atoms with Crippen molar-refractivity contribution in [2.75, 3.05) is 13.1 Å². The zero-order valence-corrected chi connectivity index (χ0v) is 17.1. The molecule has 1 aliphatic heterocycles. The molecule has 121 valence electrons. The van der Waals surface area contributed by atoms with Gasteiger partial charge >= 0.3 is 0 Å². The van der Waals surface area contributed by atoms with Gasteiger partial charge < -0.3 is 5.32 Å². The molecule has 0 saturated carbocycles. The van der Waals surface area contributed by atoms with Gasteiger partial charge in [0, 0.05) is 32.7 Å². The summed E-state index contributed by atoms with van der Waals surface area (Å²) in [5.74, 6) is 0. The molecule has 1 saturated heterocycles. The third kappa shape index (κ3) is 8.15. The summed E-state index contributed by atoms with van der Waals surface area (Å²) in [4.78, 5) is 0. The zero-order valence-electron chi connectivity index (χ0n) is 14.2. The van der Waals surface area contributed by atoms with Gasteiger partial charge in [-0.2, -0.15) is 24.6 Å². The van der Waals surface area contributed by atoms with Gasteiger partial charge in [0.1, 0.15) is 0 Å². The van der Waals surface area contributed by atoms with Crippen LogP contribution in [-0.2, 0) is 39.1 Å². The molecule has 2 aromatic rings. The first-order valence-electron chi connectivity index (χ1n) is 8.22. The van der Waals surface area contributed by atoms with E-state index in [1.165, 1.54) is 31.2 Å². The molecule has 1 fully saturated rings. The molecule has 0 atom stereocenters. The third-order valence-electron chi connectivity index (χ3n) is 4.45. The fourth-order valence-electron chi connectivity index (χ4n) is 2.75. The molecule has 1 aliphatic rings. The van der Waals surface area contributed by atoms with Gasteiger partial charge in [0.15, 0.2) is 0 Å². The van der Waals surface area contributed by atoms with Crippen LogP contribution in [0.25, 0.3) is 5.32 Å². The van der Waals surface area contributed by atoms with Gasteiger partial charge in [0.05, 0.1) is 0 Å². The average Bonchev–Trinajstić information content (AvgIpc) is 2.56. The largest absolute Gasteiger partial charge is 0.662 e. The molecule has 3 rings (SSSR count). The molecule has 2 aromatic carbocycles. The van der Waals surface area contributed by atoms with Crippen molar-refractivity contribution < 1.29 is 32.7 Å². The normalized spacial score (nSPS) is 15.7.